The zero-order valence-electron chi connectivity index (χ0n) is 21.3. The summed E-state index contributed by atoms with van der Waals surface area (Å²) < 4.78 is 16.8. The average Bonchev–Trinajstić information content (AvgIpc) is 2.88. The van der Waals surface area contributed by atoms with Gasteiger partial charge in [-0.2, -0.15) is 5.10 Å². The van der Waals surface area contributed by atoms with Crippen molar-refractivity contribution in [3.63, 3.8) is 0 Å². The molecule has 0 aromatic carbocycles. The number of hydrogen-bond donors (Lipinski definition) is 3. The summed E-state index contributed by atoms with van der Waals surface area (Å²) in [7, 11) is 0. The van der Waals surface area contributed by atoms with Crippen molar-refractivity contribution in [3.05, 3.63) is 31.5 Å². The van der Waals surface area contributed by atoms with Crippen LogP contribution in [0.1, 0.15) is 40.0 Å². The van der Waals surface area contributed by atoms with Crippen molar-refractivity contribution < 1.29 is 28.6 Å². The maximum Gasteiger partial charge on any atom is 0.427 e. The quantitative estimate of drug-likeness (QED) is 0.153. The summed E-state index contributed by atoms with van der Waals surface area (Å²) in [5.74, 6) is 0. The predicted molar refractivity (Wildman–Crippen MR) is 132 cm³/mol. The Morgan fingerprint density at radius 3 is 1.54 bits per heavy atom. The Hall–Kier alpha value is -4.11. The van der Waals surface area contributed by atoms with Crippen molar-refractivity contribution in [2.24, 2.45) is 5.10 Å². The van der Waals surface area contributed by atoms with Gasteiger partial charge in [0.2, 0.25) is 0 Å². The zero-order chi connectivity index (χ0) is 27.6. The third-order valence-corrected chi connectivity index (χ3v) is 4.42. The normalized spacial score (nSPS) is 10.7. The summed E-state index contributed by atoms with van der Waals surface area (Å²) in [5.41, 5.74) is -0.753. The van der Waals surface area contributed by atoms with Crippen LogP contribution in [0.25, 0.3) is 0 Å². The van der Waals surface area contributed by atoms with Crippen LogP contribution < -0.4 is 33.1 Å². The maximum absolute atomic E-state index is 12.9. The maximum atomic E-state index is 12.9. The van der Waals surface area contributed by atoms with Gasteiger partial charge in [0, 0.05) is 32.4 Å². The average molecular weight is 530 g/mol. The Bertz CT molecular complexity index is 1030. The molecule has 1 aromatic rings. The minimum absolute atomic E-state index is 0.129. The smallest absolute Gasteiger partial charge is 0.427 e. The number of nitrogens with one attached hydrogen (secondary N) is 3. The Morgan fingerprint density at radius 1 is 0.703 bits per heavy atom. The molecule has 0 spiro atoms. The molecule has 1 heterocycles. The summed E-state index contributed by atoms with van der Waals surface area (Å²) in [6, 6.07) is 0. The summed E-state index contributed by atoms with van der Waals surface area (Å²) in [6.07, 6.45) is 0.692. The van der Waals surface area contributed by atoms with Gasteiger partial charge in [0.1, 0.15) is 0 Å². The van der Waals surface area contributed by atoms with Gasteiger partial charge < -0.3 is 24.8 Å². The molecule has 1 aromatic heterocycles. The molecular formula is C21H35N7O9. The molecule has 16 nitrogen and oxygen atoms in total. The van der Waals surface area contributed by atoms with Gasteiger partial charge in [0.25, 0.3) is 0 Å². The number of hydrogen-bond acceptors (Lipinski definition) is 10. The highest BCUT2D eigenvalue weighted by molar-refractivity contribution is 5.69. The number of nitrogens with zero attached hydrogens (tertiary/aromatic N) is 4. The van der Waals surface area contributed by atoms with Crippen molar-refractivity contribution in [3.8, 4) is 0 Å². The Balaban J connectivity index is 3.10. The van der Waals surface area contributed by atoms with Crippen molar-refractivity contribution in [2.75, 3.05) is 32.9 Å². The second-order valence-corrected chi connectivity index (χ2v) is 7.45. The molecule has 0 saturated heterocycles. The first-order valence-electron chi connectivity index (χ1n) is 12.0. The van der Waals surface area contributed by atoms with E-state index in [4.69, 9.17) is 14.2 Å². The molecule has 0 saturated carbocycles. The fourth-order valence-electron chi connectivity index (χ4n) is 2.70. The van der Waals surface area contributed by atoms with Crippen molar-refractivity contribution in [1.29, 1.82) is 0 Å². The number of amides is 3. The monoisotopic (exact) mass is 529 g/mol. The molecule has 208 valence electrons. The number of alkyl carbamates (subject to hydrolysis) is 2. The molecule has 3 amide bonds. The molecule has 0 radical (unpaired) electrons. The Labute approximate surface area is 212 Å². The van der Waals surface area contributed by atoms with Crippen LogP contribution in [-0.2, 0) is 33.8 Å². The van der Waals surface area contributed by atoms with Gasteiger partial charge in [0.05, 0.1) is 26.4 Å². The van der Waals surface area contributed by atoms with E-state index in [9.17, 15) is 28.8 Å². The second kappa shape index (κ2) is 17.3. The largest absolute Gasteiger partial charge is 0.450 e. The number of hydrazone groups is 1. The molecule has 0 fully saturated rings. The first kappa shape index (κ1) is 30.9. The summed E-state index contributed by atoms with van der Waals surface area (Å²) in [6.45, 7) is 4.90. The lowest BCUT2D eigenvalue weighted by atomic mass is 10.5. The van der Waals surface area contributed by atoms with E-state index in [1.807, 2.05) is 20.8 Å². The van der Waals surface area contributed by atoms with E-state index >= 15 is 0 Å². The van der Waals surface area contributed by atoms with Gasteiger partial charge in [-0.15, -0.1) is 0 Å². The molecule has 16 heteroatoms. The van der Waals surface area contributed by atoms with Crippen LogP contribution in [0.3, 0.4) is 0 Å². The predicted octanol–water partition coefficient (Wildman–Crippen LogP) is -0.434. The van der Waals surface area contributed by atoms with Crippen LogP contribution in [0.5, 0.6) is 0 Å². The lowest BCUT2D eigenvalue weighted by Crippen LogP contribution is -2.56. The van der Waals surface area contributed by atoms with Gasteiger partial charge in [-0.3, -0.25) is 0 Å². The van der Waals surface area contributed by atoms with E-state index in [1.165, 1.54) is 0 Å². The number of carbonyl (C=O) groups excluding carboxylic acids is 3. The standard InChI is InChI=1S/C21H35N7O9/c1-4-13-35-16(29)22-7-10-26-19(32)27(11-8-23-17(30)36-14-5-2)21(34)28(20(26)33)12-9-24-25-18(31)37-15-6-3/h9H,4-8,10-15H2,1-3H3,(H,22,29)(H,23,30)(H,25,31)/b24-9+. The van der Waals surface area contributed by atoms with Crippen molar-refractivity contribution in [2.45, 2.75) is 59.7 Å². The Morgan fingerprint density at radius 2 is 1.11 bits per heavy atom. The van der Waals surface area contributed by atoms with Crippen LogP contribution in [0.2, 0.25) is 0 Å². The highest BCUT2D eigenvalue weighted by Gasteiger charge is 2.16. The zero-order valence-corrected chi connectivity index (χ0v) is 21.3. The Kier molecular flexibility index (Phi) is 14.5. The fraction of sp³-hybridized carbons (Fsp3) is 0.667. The molecule has 3 N–H and O–H groups in total. The van der Waals surface area contributed by atoms with E-state index in [0.717, 1.165) is 19.9 Å². The molecule has 1 rings (SSSR count). The number of carbonyl (C=O) groups is 3. The van der Waals surface area contributed by atoms with Crippen molar-refractivity contribution in [1.82, 2.24) is 29.8 Å². The highest BCUT2D eigenvalue weighted by Crippen LogP contribution is 1.85. The van der Waals surface area contributed by atoms with E-state index in [0.29, 0.717) is 19.3 Å². The fourth-order valence-corrected chi connectivity index (χ4v) is 2.70. The van der Waals surface area contributed by atoms with E-state index in [2.05, 4.69) is 21.2 Å². The van der Waals surface area contributed by atoms with Crippen LogP contribution >= 0.6 is 0 Å². The molecule has 0 atom stereocenters. The van der Waals surface area contributed by atoms with Gasteiger partial charge in [-0.1, -0.05) is 20.8 Å². The van der Waals surface area contributed by atoms with Gasteiger partial charge in [-0.05, 0) is 19.3 Å². The van der Waals surface area contributed by atoms with Crippen molar-refractivity contribution >= 4 is 24.5 Å². The first-order valence-corrected chi connectivity index (χ1v) is 12.0. The third kappa shape index (κ3) is 11.0. The molecule has 0 bridgehead atoms. The third-order valence-electron chi connectivity index (χ3n) is 4.42. The molecular weight excluding hydrogens is 494 g/mol. The SMILES string of the molecule is CCCOC(=O)NCCn1c(=O)n(C/C=N/NC(=O)OCCC)c(=O)n(CCNC(=O)OCCC)c1=O. The lowest BCUT2D eigenvalue weighted by molar-refractivity contribution is 0.145. The summed E-state index contributed by atoms with van der Waals surface area (Å²) in [4.78, 5) is 73.4. The van der Waals surface area contributed by atoms with Gasteiger partial charge in [0.15, 0.2) is 0 Å². The summed E-state index contributed by atoms with van der Waals surface area (Å²) in [5, 5.41) is 8.45. The van der Waals surface area contributed by atoms with E-state index in [1.54, 1.807) is 0 Å². The van der Waals surface area contributed by atoms with Crippen LogP contribution in [0, 0.1) is 0 Å². The van der Waals surface area contributed by atoms with E-state index in [-0.39, 0.29) is 52.5 Å². The topological polar surface area (TPSA) is 193 Å². The lowest BCUT2D eigenvalue weighted by Gasteiger charge is -2.14. The molecule has 0 aliphatic carbocycles. The minimum atomic E-state index is -0.953. The highest BCUT2D eigenvalue weighted by atomic mass is 16.6. The minimum Gasteiger partial charge on any atom is -0.450 e. The molecule has 0 unspecified atom stereocenters. The van der Waals surface area contributed by atoms with Crippen LogP contribution in [-0.4, -0.2) is 71.1 Å². The number of ether oxygens (including phenoxy) is 3. The second-order valence-electron chi connectivity index (χ2n) is 7.45. The number of rotatable bonds is 15. The van der Waals surface area contributed by atoms with E-state index < -0.39 is 35.3 Å². The van der Waals surface area contributed by atoms with Gasteiger partial charge >= 0.3 is 35.3 Å². The number of aromatic nitrogens is 3. The molecule has 0 aliphatic rings. The molecule has 0 aliphatic heterocycles. The molecule has 37 heavy (non-hydrogen) atoms. The van der Waals surface area contributed by atoms with Crippen LogP contribution in [0.15, 0.2) is 19.5 Å². The van der Waals surface area contributed by atoms with Crippen LogP contribution in [0.4, 0.5) is 14.4 Å². The summed E-state index contributed by atoms with van der Waals surface area (Å²) >= 11 is 0. The first-order chi connectivity index (χ1) is 17.8. The van der Waals surface area contributed by atoms with Gasteiger partial charge in [-0.25, -0.2) is 47.9 Å².